The zero-order valence-corrected chi connectivity index (χ0v) is 13.7. The van der Waals surface area contributed by atoms with Gasteiger partial charge >= 0.3 is 15.6 Å². The van der Waals surface area contributed by atoms with Gasteiger partial charge in [-0.25, -0.2) is 4.98 Å². The Bertz CT molecular complexity index is 1060. The number of halogens is 3. The fraction of sp³-hybridized carbons (Fsp3) is 0.214. The van der Waals surface area contributed by atoms with Crippen LogP contribution in [0.2, 0.25) is 0 Å². The smallest absolute Gasteiger partial charge is 0.493 e. The van der Waals surface area contributed by atoms with Gasteiger partial charge < -0.3 is 18.6 Å². The number of rotatable bonds is 4. The first-order chi connectivity index (χ1) is 11.7. The number of nitrogens with one attached hydrogen (secondary N) is 1. The summed E-state index contributed by atoms with van der Waals surface area (Å²) in [7, 11) is -3.03. The number of hydrogen-bond acceptors (Lipinski definition) is 6. The molecule has 0 spiro atoms. The predicted molar refractivity (Wildman–Crippen MR) is 82.3 cm³/mol. The molecule has 134 valence electrons. The normalized spacial score (nSPS) is 12.5. The molecule has 25 heavy (non-hydrogen) atoms. The predicted octanol–water partition coefficient (Wildman–Crippen LogP) is 2.96. The largest absolute Gasteiger partial charge is 0.534 e. The second-order valence-corrected chi connectivity index (χ2v) is 6.44. The summed E-state index contributed by atoms with van der Waals surface area (Å²) >= 11 is 0. The monoisotopic (exact) mass is 376 g/mol. The van der Waals surface area contributed by atoms with Crippen molar-refractivity contribution in [1.82, 2.24) is 9.97 Å². The number of aromatic amines is 1. The Labute approximate surface area is 139 Å². The van der Waals surface area contributed by atoms with Gasteiger partial charge in [0.25, 0.3) is 0 Å². The van der Waals surface area contributed by atoms with E-state index in [9.17, 15) is 21.6 Å². The summed E-state index contributed by atoms with van der Waals surface area (Å²) in [6.45, 7) is 0. The molecule has 2 heterocycles. The van der Waals surface area contributed by atoms with Gasteiger partial charge in [-0.15, -0.1) is 0 Å². The van der Waals surface area contributed by atoms with E-state index in [2.05, 4.69) is 14.2 Å². The Morgan fingerprint density at radius 1 is 1.08 bits per heavy atom. The number of fused-ring (bicyclic) bond motifs is 3. The van der Waals surface area contributed by atoms with Gasteiger partial charge in [-0.05, 0) is 12.1 Å². The van der Waals surface area contributed by atoms with Crippen LogP contribution in [-0.2, 0) is 10.1 Å². The minimum absolute atomic E-state index is 0.0753. The van der Waals surface area contributed by atoms with Gasteiger partial charge in [0.2, 0.25) is 5.88 Å². The molecule has 1 aromatic carbocycles. The number of pyridine rings is 1. The molecule has 1 N–H and O–H groups in total. The van der Waals surface area contributed by atoms with E-state index in [0.717, 1.165) is 6.20 Å². The number of benzene rings is 1. The number of methoxy groups -OCH3 is 2. The van der Waals surface area contributed by atoms with Gasteiger partial charge in [0.05, 0.1) is 30.6 Å². The van der Waals surface area contributed by atoms with Crippen LogP contribution in [0.25, 0.3) is 21.8 Å². The van der Waals surface area contributed by atoms with E-state index in [1.54, 1.807) is 6.07 Å². The molecule has 2 aromatic heterocycles. The van der Waals surface area contributed by atoms with Gasteiger partial charge in [0.1, 0.15) is 0 Å². The highest BCUT2D eigenvalue weighted by Crippen LogP contribution is 2.39. The fourth-order valence-corrected chi connectivity index (χ4v) is 2.78. The van der Waals surface area contributed by atoms with Crippen molar-refractivity contribution in [2.75, 3.05) is 14.2 Å². The van der Waals surface area contributed by atoms with E-state index < -0.39 is 21.5 Å². The van der Waals surface area contributed by atoms with Crippen LogP contribution in [0.5, 0.6) is 17.4 Å². The van der Waals surface area contributed by atoms with Crippen LogP contribution in [0.1, 0.15) is 0 Å². The van der Waals surface area contributed by atoms with Crippen LogP contribution in [0.4, 0.5) is 13.2 Å². The van der Waals surface area contributed by atoms with Crippen molar-refractivity contribution in [2.24, 2.45) is 0 Å². The summed E-state index contributed by atoms with van der Waals surface area (Å²) in [5, 5.41) is 0.444. The first-order valence-electron chi connectivity index (χ1n) is 6.71. The van der Waals surface area contributed by atoms with Gasteiger partial charge in [0, 0.05) is 17.6 Å². The van der Waals surface area contributed by atoms with Crippen molar-refractivity contribution in [3.05, 3.63) is 24.4 Å². The highest BCUT2D eigenvalue weighted by Gasteiger charge is 2.49. The quantitative estimate of drug-likeness (QED) is 0.556. The highest BCUT2D eigenvalue weighted by molar-refractivity contribution is 7.88. The van der Waals surface area contributed by atoms with E-state index in [0.29, 0.717) is 27.9 Å². The molecule has 0 atom stereocenters. The average molecular weight is 376 g/mol. The van der Waals surface area contributed by atoms with Crippen LogP contribution in [-0.4, -0.2) is 38.1 Å². The maximum atomic E-state index is 12.6. The Morgan fingerprint density at radius 2 is 1.72 bits per heavy atom. The van der Waals surface area contributed by atoms with Gasteiger partial charge in [-0.3, -0.25) is 0 Å². The number of alkyl halides is 3. The molecule has 0 unspecified atom stereocenters. The topological polar surface area (TPSA) is 90.5 Å². The van der Waals surface area contributed by atoms with Crippen LogP contribution in [0.15, 0.2) is 24.4 Å². The molecular weight excluding hydrogens is 365 g/mol. The number of aromatic nitrogens is 2. The first-order valence-corrected chi connectivity index (χ1v) is 8.12. The van der Waals surface area contributed by atoms with Crippen molar-refractivity contribution in [1.29, 1.82) is 0 Å². The lowest BCUT2D eigenvalue weighted by atomic mass is 10.1. The molecule has 0 saturated heterocycles. The molecule has 3 rings (SSSR count). The Morgan fingerprint density at radius 3 is 2.32 bits per heavy atom. The van der Waals surface area contributed by atoms with Crippen molar-refractivity contribution in [3.63, 3.8) is 0 Å². The lowest BCUT2D eigenvalue weighted by Gasteiger charge is -2.10. The molecule has 0 bridgehead atoms. The summed E-state index contributed by atoms with van der Waals surface area (Å²) in [5.41, 5.74) is -4.74. The molecule has 0 saturated carbocycles. The molecule has 7 nitrogen and oxygen atoms in total. The molecule has 0 aliphatic rings. The third kappa shape index (κ3) is 2.80. The number of H-pyrrole nitrogens is 1. The van der Waals surface area contributed by atoms with Crippen LogP contribution in [0, 0.1) is 0 Å². The average Bonchev–Trinajstić information content (AvgIpc) is 2.90. The van der Waals surface area contributed by atoms with E-state index in [1.807, 2.05) is 0 Å². The Kier molecular flexibility index (Phi) is 3.90. The van der Waals surface area contributed by atoms with Gasteiger partial charge in [-0.2, -0.15) is 21.6 Å². The molecular formula is C14H11F3N2O5S. The van der Waals surface area contributed by atoms with E-state index >= 15 is 0 Å². The van der Waals surface area contributed by atoms with Crippen molar-refractivity contribution < 1.29 is 35.2 Å². The molecule has 0 aliphatic heterocycles. The lowest BCUT2D eigenvalue weighted by molar-refractivity contribution is -0.0500. The summed E-state index contributed by atoms with van der Waals surface area (Å²) in [6.07, 6.45) is 1.13. The Balaban J connectivity index is 2.28. The molecule has 0 fully saturated rings. The van der Waals surface area contributed by atoms with Gasteiger partial charge in [-0.1, -0.05) is 0 Å². The van der Waals surface area contributed by atoms with Gasteiger partial charge in [0.15, 0.2) is 11.5 Å². The molecule has 11 heteroatoms. The first kappa shape index (κ1) is 17.1. The Hall–Kier alpha value is -2.69. The summed E-state index contributed by atoms with van der Waals surface area (Å²) in [5.74, 6) is 0.0116. The van der Waals surface area contributed by atoms with Crippen LogP contribution < -0.4 is 13.7 Å². The number of nitrogens with zero attached hydrogens (tertiary/aromatic N) is 1. The van der Waals surface area contributed by atoms with Crippen LogP contribution >= 0.6 is 0 Å². The van der Waals surface area contributed by atoms with E-state index in [4.69, 9.17) is 9.47 Å². The molecule has 0 aliphatic carbocycles. The molecule has 0 amide bonds. The second-order valence-electron chi connectivity index (χ2n) is 4.90. The van der Waals surface area contributed by atoms with E-state index in [1.165, 1.54) is 26.4 Å². The summed E-state index contributed by atoms with van der Waals surface area (Å²) < 4.78 is 74.9. The maximum Gasteiger partial charge on any atom is 0.534 e. The minimum atomic E-state index is -5.85. The number of ether oxygens (including phenoxy) is 2. The van der Waals surface area contributed by atoms with Crippen molar-refractivity contribution >= 4 is 31.9 Å². The summed E-state index contributed by atoms with van der Waals surface area (Å²) in [6, 6.07) is 4.53. The second kappa shape index (κ2) is 5.69. The lowest BCUT2D eigenvalue weighted by Crippen LogP contribution is -2.28. The van der Waals surface area contributed by atoms with Crippen molar-refractivity contribution in [2.45, 2.75) is 5.51 Å². The standard InChI is InChI=1S/C14H11F3N2O5S/c1-22-10-5-7-9(6-11(10)23-2)19-8-3-4-18-13(12(7)8)24-25(20,21)14(15,16)17/h3-6,19H,1-2H3. The third-order valence-corrected chi connectivity index (χ3v) is 4.39. The van der Waals surface area contributed by atoms with Crippen LogP contribution in [0.3, 0.4) is 0 Å². The molecule has 3 aromatic rings. The van der Waals surface area contributed by atoms with E-state index in [-0.39, 0.29) is 5.39 Å². The summed E-state index contributed by atoms with van der Waals surface area (Å²) in [4.78, 5) is 6.57. The van der Waals surface area contributed by atoms with Crippen molar-refractivity contribution in [3.8, 4) is 17.4 Å². The number of hydrogen-bond donors (Lipinski definition) is 1. The zero-order valence-electron chi connectivity index (χ0n) is 12.8. The third-order valence-electron chi connectivity index (χ3n) is 3.45. The molecule has 0 radical (unpaired) electrons. The zero-order chi connectivity index (χ0) is 18.4. The maximum absolute atomic E-state index is 12.6. The SMILES string of the molecule is COc1cc2[nH]c3ccnc(OS(=O)(=O)C(F)(F)F)c3c2cc1OC. The fourth-order valence-electron chi connectivity index (χ4n) is 2.36. The minimum Gasteiger partial charge on any atom is -0.493 e. The highest BCUT2D eigenvalue weighted by atomic mass is 32.2.